The van der Waals surface area contributed by atoms with E-state index in [1.54, 1.807) is 0 Å². The fourth-order valence-electron chi connectivity index (χ4n) is 2.81. The molecule has 1 aromatic rings. The average molecular weight is 247 g/mol. The van der Waals surface area contributed by atoms with E-state index in [1.807, 2.05) is 0 Å². The molecule has 0 saturated carbocycles. The van der Waals surface area contributed by atoms with Crippen LogP contribution in [0.1, 0.15) is 62.8 Å². The summed E-state index contributed by atoms with van der Waals surface area (Å²) in [4.78, 5) is 0. The van der Waals surface area contributed by atoms with Crippen LogP contribution in [0.4, 0.5) is 0 Å². The van der Waals surface area contributed by atoms with Gasteiger partial charge in [0.25, 0.3) is 0 Å². The zero-order chi connectivity index (χ0) is 13.5. The van der Waals surface area contributed by atoms with Gasteiger partial charge < -0.3 is 5.32 Å². The van der Waals surface area contributed by atoms with E-state index >= 15 is 0 Å². The number of rotatable bonds is 7. The molecular formula is C17H29N. The smallest absolute Gasteiger partial charge is 0.0348 e. The van der Waals surface area contributed by atoms with Crippen molar-refractivity contribution in [2.24, 2.45) is 5.92 Å². The van der Waals surface area contributed by atoms with E-state index in [4.69, 9.17) is 0 Å². The average Bonchev–Trinajstić information content (AvgIpc) is 2.33. The molecule has 0 aliphatic rings. The topological polar surface area (TPSA) is 12.0 Å². The fourth-order valence-corrected chi connectivity index (χ4v) is 2.81. The molecule has 0 heterocycles. The highest BCUT2D eigenvalue weighted by Gasteiger charge is 2.19. The minimum Gasteiger partial charge on any atom is -0.310 e. The fraction of sp³-hybridized carbons (Fsp3) is 0.647. The van der Waals surface area contributed by atoms with E-state index in [-0.39, 0.29) is 0 Å². The molecule has 0 aliphatic carbocycles. The van der Waals surface area contributed by atoms with Crippen molar-refractivity contribution in [3.05, 3.63) is 34.9 Å². The lowest BCUT2D eigenvalue weighted by Gasteiger charge is -2.27. The number of benzene rings is 1. The molecule has 0 saturated heterocycles. The molecule has 1 N–H and O–H groups in total. The first-order chi connectivity index (χ1) is 8.62. The van der Waals surface area contributed by atoms with Crippen LogP contribution in [0.3, 0.4) is 0 Å². The molecule has 102 valence electrons. The summed E-state index contributed by atoms with van der Waals surface area (Å²) in [7, 11) is 0. The lowest BCUT2D eigenvalue weighted by atomic mass is 9.87. The molecule has 1 aromatic carbocycles. The molecule has 1 rings (SSSR count). The van der Waals surface area contributed by atoms with Crippen molar-refractivity contribution in [2.75, 3.05) is 6.54 Å². The van der Waals surface area contributed by atoms with Crippen molar-refractivity contribution in [3.8, 4) is 0 Å². The maximum Gasteiger partial charge on any atom is 0.0348 e. The van der Waals surface area contributed by atoms with Crippen LogP contribution in [-0.2, 0) is 0 Å². The monoisotopic (exact) mass is 247 g/mol. The van der Waals surface area contributed by atoms with Gasteiger partial charge in [-0.25, -0.2) is 0 Å². The van der Waals surface area contributed by atoms with Crippen LogP contribution in [0, 0.1) is 19.8 Å². The molecule has 1 unspecified atom stereocenters. The lowest BCUT2D eigenvalue weighted by Crippen LogP contribution is -2.28. The second kappa shape index (κ2) is 7.58. The summed E-state index contributed by atoms with van der Waals surface area (Å²) in [5, 5.41) is 3.74. The van der Waals surface area contributed by atoms with Crippen molar-refractivity contribution in [1.29, 1.82) is 0 Å². The van der Waals surface area contributed by atoms with Crippen LogP contribution >= 0.6 is 0 Å². The molecule has 0 spiro atoms. The third-order valence-corrected chi connectivity index (χ3v) is 3.74. The SMILES string of the molecule is CCCNC(c1cc(C)cc(C)c1)C(CC)CC. The van der Waals surface area contributed by atoms with E-state index in [0.717, 1.165) is 12.5 Å². The maximum atomic E-state index is 3.74. The van der Waals surface area contributed by atoms with E-state index in [9.17, 15) is 0 Å². The zero-order valence-electron chi connectivity index (χ0n) is 12.7. The van der Waals surface area contributed by atoms with E-state index in [1.165, 1.54) is 36.0 Å². The van der Waals surface area contributed by atoms with Gasteiger partial charge >= 0.3 is 0 Å². The minimum absolute atomic E-state index is 0.513. The molecule has 0 fully saturated rings. The Morgan fingerprint density at radius 3 is 1.94 bits per heavy atom. The van der Waals surface area contributed by atoms with Gasteiger partial charge in [-0.1, -0.05) is 62.9 Å². The van der Waals surface area contributed by atoms with Gasteiger partial charge in [0, 0.05) is 6.04 Å². The standard InChI is InChI=1S/C17H29N/c1-6-9-18-17(15(7-2)8-3)16-11-13(4)10-14(5)12-16/h10-12,15,17-18H,6-9H2,1-5H3. The van der Waals surface area contributed by atoms with Crippen LogP contribution in [0.25, 0.3) is 0 Å². The Morgan fingerprint density at radius 1 is 0.944 bits per heavy atom. The Hall–Kier alpha value is -0.820. The van der Waals surface area contributed by atoms with Crippen molar-refractivity contribution < 1.29 is 0 Å². The Bertz CT molecular complexity index is 332. The molecule has 0 bridgehead atoms. The lowest BCUT2D eigenvalue weighted by molar-refractivity contribution is 0.341. The van der Waals surface area contributed by atoms with Crippen LogP contribution < -0.4 is 5.32 Å². The normalized spacial score (nSPS) is 13.0. The Labute approximate surface area is 113 Å². The van der Waals surface area contributed by atoms with Gasteiger partial charge in [0.05, 0.1) is 0 Å². The van der Waals surface area contributed by atoms with Gasteiger partial charge in [0.15, 0.2) is 0 Å². The van der Waals surface area contributed by atoms with E-state index in [0.29, 0.717) is 6.04 Å². The van der Waals surface area contributed by atoms with Crippen LogP contribution in [0.5, 0.6) is 0 Å². The van der Waals surface area contributed by atoms with Gasteiger partial charge in [-0.15, -0.1) is 0 Å². The van der Waals surface area contributed by atoms with Crippen molar-refractivity contribution in [2.45, 2.75) is 59.9 Å². The van der Waals surface area contributed by atoms with Crippen LogP contribution in [-0.4, -0.2) is 6.54 Å². The van der Waals surface area contributed by atoms with E-state index < -0.39 is 0 Å². The zero-order valence-corrected chi connectivity index (χ0v) is 12.7. The number of hydrogen-bond donors (Lipinski definition) is 1. The molecule has 18 heavy (non-hydrogen) atoms. The first kappa shape index (κ1) is 15.2. The quantitative estimate of drug-likeness (QED) is 0.731. The third-order valence-electron chi connectivity index (χ3n) is 3.74. The van der Waals surface area contributed by atoms with Crippen molar-refractivity contribution >= 4 is 0 Å². The molecule has 0 aliphatic heterocycles. The van der Waals surface area contributed by atoms with Crippen LogP contribution in [0.2, 0.25) is 0 Å². The summed E-state index contributed by atoms with van der Waals surface area (Å²) in [5.74, 6) is 0.734. The van der Waals surface area contributed by atoms with Gasteiger partial charge in [0.1, 0.15) is 0 Å². The maximum absolute atomic E-state index is 3.74. The molecule has 0 amide bonds. The predicted octanol–water partition coefficient (Wildman–Crippen LogP) is 4.78. The predicted molar refractivity (Wildman–Crippen MR) is 81.0 cm³/mol. The molecule has 0 aromatic heterocycles. The summed E-state index contributed by atoms with van der Waals surface area (Å²) in [6, 6.07) is 7.46. The Kier molecular flexibility index (Phi) is 6.42. The van der Waals surface area contributed by atoms with Gasteiger partial charge in [-0.2, -0.15) is 0 Å². The molecule has 1 heteroatoms. The molecule has 1 nitrogen and oxygen atoms in total. The summed E-state index contributed by atoms with van der Waals surface area (Å²) in [5.41, 5.74) is 4.22. The first-order valence-electron chi connectivity index (χ1n) is 7.43. The summed E-state index contributed by atoms with van der Waals surface area (Å²) >= 11 is 0. The van der Waals surface area contributed by atoms with E-state index in [2.05, 4.69) is 58.1 Å². The van der Waals surface area contributed by atoms with Crippen molar-refractivity contribution in [3.63, 3.8) is 0 Å². The van der Waals surface area contributed by atoms with Gasteiger partial charge in [-0.05, 0) is 38.3 Å². The second-order valence-corrected chi connectivity index (χ2v) is 5.43. The number of hydrogen-bond acceptors (Lipinski definition) is 1. The first-order valence-corrected chi connectivity index (χ1v) is 7.43. The molecule has 1 atom stereocenters. The third kappa shape index (κ3) is 4.13. The number of nitrogens with one attached hydrogen (secondary N) is 1. The summed E-state index contributed by atoms with van der Waals surface area (Å²) in [6.07, 6.45) is 3.68. The van der Waals surface area contributed by atoms with Crippen molar-refractivity contribution in [1.82, 2.24) is 5.32 Å². The highest BCUT2D eigenvalue weighted by Crippen LogP contribution is 2.28. The summed E-state index contributed by atoms with van der Waals surface area (Å²) in [6.45, 7) is 12.3. The minimum atomic E-state index is 0.513. The van der Waals surface area contributed by atoms with Gasteiger partial charge in [-0.3, -0.25) is 0 Å². The second-order valence-electron chi connectivity index (χ2n) is 5.43. The Morgan fingerprint density at radius 2 is 1.50 bits per heavy atom. The molecule has 0 radical (unpaired) electrons. The highest BCUT2D eigenvalue weighted by atomic mass is 14.9. The Balaban J connectivity index is 2.99. The summed E-state index contributed by atoms with van der Waals surface area (Å²) < 4.78 is 0. The molecular weight excluding hydrogens is 218 g/mol. The van der Waals surface area contributed by atoms with Gasteiger partial charge in [0.2, 0.25) is 0 Å². The van der Waals surface area contributed by atoms with Crippen LogP contribution in [0.15, 0.2) is 18.2 Å². The number of aryl methyl sites for hydroxylation is 2. The highest BCUT2D eigenvalue weighted by molar-refractivity contribution is 5.31. The largest absolute Gasteiger partial charge is 0.310 e.